The van der Waals surface area contributed by atoms with E-state index in [1.54, 1.807) is 0 Å². The van der Waals surface area contributed by atoms with Crippen LogP contribution in [0.15, 0.2) is 24.8 Å². The molecule has 0 saturated carbocycles. The molecule has 0 spiro atoms. The zero-order valence-corrected chi connectivity index (χ0v) is 5.55. The molecule has 0 amide bonds. The standard InChI is InChI=1S/C6H4N4O/c7-10-4-6(11)5-3-8-1-2-9-5/h1-4H/p+1/b6-4-. The van der Waals surface area contributed by atoms with E-state index in [2.05, 4.69) is 14.9 Å². The van der Waals surface area contributed by atoms with E-state index in [0.29, 0.717) is 0 Å². The summed E-state index contributed by atoms with van der Waals surface area (Å²) >= 11 is 0. The van der Waals surface area contributed by atoms with Gasteiger partial charge in [-0.3, -0.25) is 4.98 Å². The Kier molecular flexibility index (Phi) is 2.13. The van der Waals surface area contributed by atoms with Gasteiger partial charge in [0.2, 0.25) is 11.2 Å². The average Bonchev–Trinajstić information content (AvgIpc) is 2.07. The lowest BCUT2D eigenvalue weighted by Crippen LogP contribution is -1.87. The highest BCUT2D eigenvalue weighted by Gasteiger charge is 2.03. The van der Waals surface area contributed by atoms with Crippen LogP contribution in [-0.2, 0) is 0 Å². The van der Waals surface area contributed by atoms with Crippen molar-refractivity contribution in [3.8, 4) is 0 Å². The van der Waals surface area contributed by atoms with Gasteiger partial charge in [0.1, 0.15) is 5.69 Å². The first kappa shape index (κ1) is 7.15. The molecule has 0 aromatic carbocycles. The second kappa shape index (κ2) is 3.27. The molecular weight excluding hydrogens is 144 g/mol. The van der Waals surface area contributed by atoms with Gasteiger partial charge in [-0.25, -0.2) is 4.98 Å². The number of nitrogens with zero attached hydrogens (tertiary/aromatic N) is 4. The number of aliphatic hydroxyl groups is 1. The fraction of sp³-hybridized carbons (Fsp3) is 0. The van der Waals surface area contributed by atoms with Gasteiger partial charge in [-0.05, 0) is 0 Å². The van der Waals surface area contributed by atoms with Crippen LogP contribution in [0.4, 0.5) is 0 Å². The van der Waals surface area contributed by atoms with E-state index in [9.17, 15) is 0 Å². The Morgan fingerprint density at radius 1 is 1.64 bits per heavy atom. The van der Waals surface area contributed by atoms with Crippen LogP contribution < -0.4 is 0 Å². The van der Waals surface area contributed by atoms with Gasteiger partial charge in [0.25, 0.3) is 0 Å². The molecule has 1 N–H and O–H groups in total. The molecule has 1 heterocycles. The molecule has 0 aliphatic heterocycles. The maximum Gasteiger partial charge on any atom is 0.393 e. The van der Waals surface area contributed by atoms with Crippen LogP contribution >= 0.6 is 0 Å². The van der Waals surface area contributed by atoms with Crippen LogP contribution in [-0.4, -0.2) is 15.1 Å². The van der Waals surface area contributed by atoms with E-state index in [0.717, 1.165) is 6.20 Å². The summed E-state index contributed by atoms with van der Waals surface area (Å²) in [4.78, 5) is 10.1. The minimum atomic E-state index is -0.222. The predicted octanol–water partition coefficient (Wildman–Crippen LogP) is 1.19. The smallest absolute Gasteiger partial charge is 0.393 e. The van der Waals surface area contributed by atoms with Gasteiger partial charge < -0.3 is 5.11 Å². The van der Waals surface area contributed by atoms with E-state index in [4.69, 9.17) is 10.5 Å². The summed E-state index contributed by atoms with van der Waals surface area (Å²) < 4.78 is 0. The molecule has 11 heavy (non-hydrogen) atoms. The third-order valence-corrected chi connectivity index (χ3v) is 1.01. The van der Waals surface area contributed by atoms with Crippen molar-refractivity contribution in [1.82, 2.24) is 9.97 Å². The van der Waals surface area contributed by atoms with Gasteiger partial charge in [0.15, 0.2) is 4.98 Å². The molecule has 1 rings (SSSR count). The van der Waals surface area contributed by atoms with Crippen LogP contribution in [0.5, 0.6) is 0 Å². The predicted molar refractivity (Wildman–Crippen MR) is 37.7 cm³/mol. The molecule has 0 aliphatic carbocycles. The molecule has 5 heteroatoms. The molecule has 1 aromatic heterocycles. The summed E-state index contributed by atoms with van der Waals surface area (Å²) in [6.07, 6.45) is 5.14. The summed E-state index contributed by atoms with van der Waals surface area (Å²) in [6, 6.07) is 0. The van der Waals surface area contributed by atoms with Crippen molar-refractivity contribution in [3.05, 3.63) is 35.5 Å². The largest absolute Gasteiger partial charge is 0.500 e. The number of hydrogen-bond acceptors (Lipinski definition) is 4. The van der Waals surface area contributed by atoms with Gasteiger partial charge in [-0.1, -0.05) is 0 Å². The van der Waals surface area contributed by atoms with E-state index in [-0.39, 0.29) is 11.5 Å². The normalized spacial score (nSPS) is 10.6. The highest BCUT2D eigenvalue weighted by atomic mass is 16.3. The Morgan fingerprint density at radius 2 is 2.45 bits per heavy atom. The number of diazo groups is 1. The topological polar surface area (TPSA) is 74.2 Å². The number of rotatable bonds is 1. The quantitative estimate of drug-likeness (QED) is 0.480. The minimum Gasteiger partial charge on any atom is -0.500 e. The van der Waals surface area contributed by atoms with Crippen LogP contribution in [0.25, 0.3) is 10.7 Å². The van der Waals surface area contributed by atoms with Crippen LogP contribution in [0, 0.1) is 5.39 Å². The lowest BCUT2D eigenvalue weighted by molar-refractivity contribution is 0.508. The van der Waals surface area contributed by atoms with Crippen LogP contribution in [0.2, 0.25) is 0 Å². The molecule has 0 aliphatic rings. The van der Waals surface area contributed by atoms with Crippen molar-refractivity contribution in [2.24, 2.45) is 0 Å². The zero-order valence-electron chi connectivity index (χ0n) is 5.55. The van der Waals surface area contributed by atoms with Gasteiger partial charge in [0.05, 0.1) is 6.20 Å². The molecule has 0 bridgehead atoms. The highest BCUT2D eigenvalue weighted by Crippen LogP contribution is 2.04. The van der Waals surface area contributed by atoms with Gasteiger partial charge in [0, 0.05) is 12.4 Å². The summed E-state index contributed by atoms with van der Waals surface area (Å²) in [6.45, 7) is 0. The number of aliphatic hydroxyl groups excluding tert-OH is 1. The minimum absolute atomic E-state index is 0.222. The molecule has 5 nitrogen and oxygen atoms in total. The first-order valence-electron chi connectivity index (χ1n) is 2.84. The Morgan fingerprint density at radius 3 is 3.00 bits per heavy atom. The fourth-order valence-corrected chi connectivity index (χ4v) is 0.552. The molecule has 0 radical (unpaired) electrons. The second-order valence-corrected chi connectivity index (χ2v) is 1.72. The monoisotopic (exact) mass is 149 g/mol. The molecule has 1 aromatic rings. The van der Waals surface area contributed by atoms with E-state index in [1.165, 1.54) is 18.6 Å². The lowest BCUT2D eigenvalue weighted by atomic mass is 10.4. The van der Waals surface area contributed by atoms with E-state index < -0.39 is 0 Å². The lowest BCUT2D eigenvalue weighted by Gasteiger charge is -1.89. The second-order valence-electron chi connectivity index (χ2n) is 1.72. The molecule has 0 saturated heterocycles. The molecular formula is C6H5N4O+. The molecule has 54 valence electrons. The highest BCUT2D eigenvalue weighted by molar-refractivity contribution is 5.53. The first-order valence-corrected chi connectivity index (χ1v) is 2.84. The fourth-order valence-electron chi connectivity index (χ4n) is 0.552. The third kappa shape index (κ3) is 1.72. The number of hydrogen-bond donors (Lipinski definition) is 1. The summed E-state index contributed by atoms with van der Waals surface area (Å²) in [5.41, 5.74) is 0.269. The SMILES string of the molecule is N#[N+]/C=C(\O)c1cnccn1. The van der Waals surface area contributed by atoms with Crippen LogP contribution in [0.3, 0.4) is 0 Å². The Bertz CT molecular complexity index is 300. The maximum absolute atomic E-state index is 9.03. The van der Waals surface area contributed by atoms with E-state index in [1.807, 2.05) is 0 Å². The maximum atomic E-state index is 9.03. The average molecular weight is 149 g/mol. The van der Waals surface area contributed by atoms with Crippen molar-refractivity contribution >= 4 is 5.76 Å². The Hall–Kier alpha value is -1.96. The van der Waals surface area contributed by atoms with Crippen molar-refractivity contribution in [2.45, 2.75) is 0 Å². The van der Waals surface area contributed by atoms with Crippen LogP contribution in [0.1, 0.15) is 5.69 Å². The van der Waals surface area contributed by atoms with Gasteiger partial charge in [-0.2, -0.15) is 0 Å². The Labute approximate surface area is 62.7 Å². The van der Waals surface area contributed by atoms with E-state index >= 15 is 0 Å². The molecule has 0 fully saturated rings. The van der Waals surface area contributed by atoms with Crippen molar-refractivity contribution in [2.75, 3.05) is 0 Å². The summed E-state index contributed by atoms with van der Waals surface area (Å²) in [5.74, 6) is -0.222. The van der Waals surface area contributed by atoms with Gasteiger partial charge in [-0.15, -0.1) is 0 Å². The first-order chi connectivity index (χ1) is 5.34. The molecule has 0 unspecified atom stereocenters. The summed E-state index contributed by atoms with van der Waals surface area (Å²) in [7, 11) is 0. The zero-order chi connectivity index (χ0) is 8.10. The Balaban J connectivity index is 2.96. The third-order valence-electron chi connectivity index (χ3n) is 1.01. The number of aromatic nitrogens is 2. The molecule has 0 atom stereocenters. The van der Waals surface area contributed by atoms with Gasteiger partial charge >= 0.3 is 6.20 Å². The summed E-state index contributed by atoms with van der Waals surface area (Å²) in [5, 5.41) is 17.1. The van der Waals surface area contributed by atoms with Crippen molar-refractivity contribution in [3.63, 3.8) is 0 Å². The van der Waals surface area contributed by atoms with Crippen molar-refractivity contribution in [1.29, 1.82) is 5.39 Å². The van der Waals surface area contributed by atoms with Crippen molar-refractivity contribution < 1.29 is 5.11 Å².